The van der Waals surface area contributed by atoms with Crippen molar-refractivity contribution in [3.63, 3.8) is 0 Å². The van der Waals surface area contributed by atoms with Crippen molar-refractivity contribution in [3.05, 3.63) is 52.4 Å². The number of nitrogens with one attached hydrogen (secondary N) is 1. The van der Waals surface area contributed by atoms with Crippen LogP contribution in [0.4, 0.5) is 0 Å². The molecule has 26 heavy (non-hydrogen) atoms. The molecular formula is C18H21N3O5. The van der Waals surface area contributed by atoms with Crippen LogP contribution in [0.5, 0.6) is 11.5 Å². The molecule has 0 bridgehead atoms. The Morgan fingerprint density at radius 1 is 1.31 bits per heavy atom. The third-order valence-electron chi connectivity index (χ3n) is 3.79. The van der Waals surface area contributed by atoms with E-state index in [4.69, 9.17) is 14.2 Å². The fourth-order valence-corrected chi connectivity index (χ4v) is 2.53. The molecule has 1 atom stereocenters. The molecule has 1 aliphatic heterocycles. The number of ether oxygens (including phenoxy) is 3. The van der Waals surface area contributed by atoms with E-state index in [-0.39, 0.29) is 24.0 Å². The molecule has 0 fully saturated rings. The Labute approximate surface area is 150 Å². The first-order chi connectivity index (χ1) is 12.7. The molecule has 3 rings (SSSR count). The number of para-hydroxylation sites is 2. The van der Waals surface area contributed by atoms with E-state index >= 15 is 0 Å². The summed E-state index contributed by atoms with van der Waals surface area (Å²) in [6, 6.07) is 10.2. The molecule has 0 spiro atoms. The van der Waals surface area contributed by atoms with E-state index in [9.17, 15) is 9.59 Å². The van der Waals surface area contributed by atoms with Gasteiger partial charge in [0, 0.05) is 19.2 Å². The molecule has 0 saturated heterocycles. The van der Waals surface area contributed by atoms with E-state index in [1.54, 1.807) is 6.92 Å². The molecule has 1 aromatic carbocycles. The predicted octanol–water partition coefficient (Wildman–Crippen LogP) is 0.850. The Bertz CT molecular complexity index is 820. The number of hydrogen-bond donors (Lipinski definition) is 1. The first kappa shape index (κ1) is 17.9. The highest BCUT2D eigenvalue weighted by molar-refractivity contribution is 5.86. The minimum absolute atomic E-state index is 0.111. The number of carbonyl (C=O) groups excluding carboxylic acids is 1. The maximum atomic E-state index is 11.9. The van der Waals surface area contributed by atoms with Gasteiger partial charge in [-0.05, 0) is 25.1 Å². The van der Waals surface area contributed by atoms with E-state index in [0.717, 1.165) is 11.5 Å². The average Bonchev–Trinajstić information content (AvgIpc) is 2.66. The molecule has 8 heteroatoms. The summed E-state index contributed by atoms with van der Waals surface area (Å²) in [6.07, 6.45) is -0.111. The highest BCUT2D eigenvalue weighted by Gasteiger charge is 2.20. The highest BCUT2D eigenvalue weighted by atomic mass is 16.6. The van der Waals surface area contributed by atoms with Gasteiger partial charge in [0.1, 0.15) is 12.7 Å². The quantitative estimate of drug-likeness (QED) is 0.579. The van der Waals surface area contributed by atoms with E-state index in [0.29, 0.717) is 26.2 Å². The SMILES string of the molecule is CCOC(=O)c1ccc(=O)n(CCNCC2COc3ccccc3O2)n1. The maximum absolute atomic E-state index is 11.9. The van der Waals surface area contributed by atoms with Crippen LogP contribution in [0.25, 0.3) is 0 Å². The number of hydrogen-bond acceptors (Lipinski definition) is 7. The normalized spacial score (nSPS) is 15.5. The molecule has 8 nitrogen and oxygen atoms in total. The van der Waals surface area contributed by atoms with Crippen molar-refractivity contribution in [2.45, 2.75) is 19.6 Å². The lowest BCUT2D eigenvalue weighted by atomic mass is 10.2. The maximum Gasteiger partial charge on any atom is 0.358 e. The van der Waals surface area contributed by atoms with Crippen LogP contribution in [-0.2, 0) is 11.3 Å². The van der Waals surface area contributed by atoms with Gasteiger partial charge in [-0.25, -0.2) is 9.48 Å². The predicted molar refractivity (Wildman–Crippen MR) is 93.7 cm³/mol. The first-order valence-electron chi connectivity index (χ1n) is 8.52. The van der Waals surface area contributed by atoms with Crippen LogP contribution in [0.1, 0.15) is 17.4 Å². The summed E-state index contributed by atoms with van der Waals surface area (Å²) in [5, 5.41) is 7.25. The van der Waals surface area contributed by atoms with Crippen LogP contribution in [0.15, 0.2) is 41.2 Å². The van der Waals surface area contributed by atoms with Crippen molar-refractivity contribution >= 4 is 5.97 Å². The van der Waals surface area contributed by atoms with Gasteiger partial charge >= 0.3 is 5.97 Å². The number of fused-ring (bicyclic) bond motifs is 1. The Balaban J connectivity index is 1.49. The van der Waals surface area contributed by atoms with Crippen molar-refractivity contribution in [2.24, 2.45) is 0 Å². The van der Waals surface area contributed by atoms with Gasteiger partial charge in [0.05, 0.1) is 13.2 Å². The van der Waals surface area contributed by atoms with Gasteiger partial charge in [-0.15, -0.1) is 0 Å². The summed E-state index contributed by atoms with van der Waals surface area (Å²) in [5.41, 5.74) is -0.155. The van der Waals surface area contributed by atoms with Crippen LogP contribution in [0.3, 0.4) is 0 Å². The van der Waals surface area contributed by atoms with E-state index in [1.165, 1.54) is 16.8 Å². The van der Waals surface area contributed by atoms with Crippen LogP contribution in [0, 0.1) is 0 Å². The number of rotatable bonds is 7. The monoisotopic (exact) mass is 359 g/mol. The first-order valence-corrected chi connectivity index (χ1v) is 8.52. The van der Waals surface area contributed by atoms with Crippen molar-refractivity contribution in [1.29, 1.82) is 0 Å². The summed E-state index contributed by atoms with van der Waals surface area (Å²) in [4.78, 5) is 23.6. The second kappa shape index (κ2) is 8.48. The zero-order valence-electron chi connectivity index (χ0n) is 14.5. The van der Waals surface area contributed by atoms with E-state index in [2.05, 4.69) is 10.4 Å². The summed E-state index contributed by atoms with van der Waals surface area (Å²) in [7, 11) is 0. The lowest BCUT2D eigenvalue weighted by molar-refractivity contribution is 0.0516. The van der Waals surface area contributed by atoms with Crippen LogP contribution >= 0.6 is 0 Å². The summed E-state index contributed by atoms with van der Waals surface area (Å²) in [5.74, 6) is 0.932. The Kier molecular flexibility index (Phi) is 5.85. The topological polar surface area (TPSA) is 91.7 Å². The second-order valence-corrected chi connectivity index (χ2v) is 5.70. The number of esters is 1. The molecule has 1 aliphatic rings. The highest BCUT2D eigenvalue weighted by Crippen LogP contribution is 2.30. The fraction of sp³-hybridized carbons (Fsp3) is 0.389. The average molecular weight is 359 g/mol. The Morgan fingerprint density at radius 3 is 2.92 bits per heavy atom. The van der Waals surface area contributed by atoms with Gasteiger partial charge in [0.2, 0.25) is 0 Å². The molecule has 1 aromatic heterocycles. The molecule has 2 aromatic rings. The molecule has 2 heterocycles. The van der Waals surface area contributed by atoms with Gasteiger partial charge in [-0.3, -0.25) is 4.79 Å². The number of benzene rings is 1. The van der Waals surface area contributed by atoms with Crippen molar-refractivity contribution in [2.75, 3.05) is 26.3 Å². The van der Waals surface area contributed by atoms with Crippen LogP contribution in [-0.4, -0.2) is 48.2 Å². The lowest BCUT2D eigenvalue weighted by Crippen LogP contribution is -2.40. The minimum atomic E-state index is -0.541. The Morgan fingerprint density at radius 2 is 2.12 bits per heavy atom. The largest absolute Gasteiger partial charge is 0.486 e. The standard InChI is InChI=1S/C18H21N3O5/c1-2-24-18(23)14-7-8-17(22)21(20-14)10-9-19-11-13-12-25-15-5-3-4-6-16(15)26-13/h3-8,13,19H,2,9-12H2,1H3. The smallest absolute Gasteiger partial charge is 0.358 e. The minimum Gasteiger partial charge on any atom is -0.486 e. The molecule has 1 N–H and O–H groups in total. The number of aromatic nitrogens is 2. The van der Waals surface area contributed by atoms with Crippen LogP contribution < -0.4 is 20.3 Å². The Hall–Kier alpha value is -2.87. The third-order valence-corrected chi connectivity index (χ3v) is 3.79. The van der Waals surface area contributed by atoms with Gasteiger partial charge < -0.3 is 19.5 Å². The van der Waals surface area contributed by atoms with Crippen LogP contribution in [0.2, 0.25) is 0 Å². The fourth-order valence-electron chi connectivity index (χ4n) is 2.53. The molecular weight excluding hydrogens is 338 g/mol. The van der Waals surface area contributed by atoms with Gasteiger partial charge in [-0.2, -0.15) is 5.10 Å². The molecule has 1 unspecified atom stereocenters. The van der Waals surface area contributed by atoms with E-state index in [1.807, 2.05) is 24.3 Å². The summed E-state index contributed by atoms with van der Waals surface area (Å²) in [6.45, 7) is 3.83. The van der Waals surface area contributed by atoms with Gasteiger partial charge in [0.25, 0.3) is 5.56 Å². The molecule has 138 valence electrons. The van der Waals surface area contributed by atoms with Crippen molar-refractivity contribution in [3.8, 4) is 11.5 Å². The van der Waals surface area contributed by atoms with Gasteiger partial charge in [0.15, 0.2) is 17.2 Å². The second-order valence-electron chi connectivity index (χ2n) is 5.70. The van der Waals surface area contributed by atoms with Crippen molar-refractivity contribution < 1.29 is 19.0 Å². The summed E-state index contributed by atoms with van der Waals surface area (Å²) >= 11 is 0. The number of nitrogens with zero attached hydrogens (tertiary/aromatic N) is 2. The number of carbonyl (C=O) groups is 1. The van der Waals surface area contributed by atoms with E-state index < -0.39 is 5.97 Å². The third kappa shape index (κ3) is 4.40. The van der Waals surface area contributed by atoms with Gasteiger partial charge in [-0.1, -0.05) is 12.1 Å². The molecule has 0 amide bonds. The zero-order valence-corrected chi connectivity index (χ0v) is 14.5. The zero-order chi connectivity index (χ0) is 18.4. The molecule has 0 radical (unpaired) electrons. The molecule has 0 saturated carbocycles. The summed E-state index contributed by atoms with van der Waals surface area (Å²) < 4.78 is 17.6. The molecule has 0 aliphatic carbocycles. The lowest BCUT2D eigenvalue weighted by Gasteiger charge is -2.26. The van der Waals surface area contributed by atoms with Crippen molar-refractivity contribution in [1.82, 2.24) is 15.1 Å².